The van der Waals surface area contributed by atoms with E-state index in [2.05, 4.69) is 51.7 Å². The monoisotopic (exact) mass is 285 g/mol. The average molecular weight is 286 g/mol. The van der Waals surface area contributed by atoms with Gasteiger partial charge in [0.2, 0.25) is 0 Å². The van der Waals surface area contributed by atoms with Gasteiger partial charge >= 0.3 is 0 Å². The molecule has 3 nitrogen and oxygen atoms in total. The number of hydrogen-bond acceptors (Lipinski definition) is 3. The van der Waals surface area contributed by atoms with E-state index in [0.29, 0.717) is 0 Å². The molecule has 90 valence electrons. The zero-order valence-corrected chi connectivity index (χ0v) is 11.9. The van der Waals surface area contributed by atoms with Gasteiger partial charge < -0.3 is 4.90 Å². The van der Waals surface area contributed by atoms with Crippen LogP contribution in [0.15, 0.2) is 10.7 Å². The number of halogens is 1. The van der Waals surface area contributed by atoms with Crippen LogP contribution in [0.5, 0.6) is 0 Å². The third-order valence-electron chi connectivity index (χ3n) is 2.44. The minimum absolute atomic E-state index is 0.879. The van der Waals surface area contributed by atoms with E-state index in [1.54, 1.807) is 0 Å². The zero-order chi connectivity index (χ0) is 12.0. The number of anilines is 1. The summed E-state index contributed by atoms with van der Waals surface area (Å²) in [5, 5.41) is 0. The Balaban J connectivity index is 2.78. The molecule has 0 radical (unpaired) electrons. The summed E-state index contributed by atoms with van der Waals surface area (Å²) in [6.45, 7) is 5.39. The molecular formula is C12H20BrN3. The lowest BCUT2D eigenvalue weighted by atomic mass is 10.3. The Bertz CT molecular complexity index is 328. The first-order valence-corrected chi connectivity index (χ1v) is 6.71. The molecule has 0 unspecified atom stereocenters. The fraction of sp³-hybridized carbons (Fsp3) is 0.667. The predicted molar refractivity (Wildman–Crippen MR) is 71.9 cm³/mol. The van der Waals surface area contributed by atoms with Crippen LogP contribution in [0, 0.1) is 0 Å². The van der Waals surface area contributed by atoms with Crippen molar-refractivity contribution in [2.45, 2.75) is 39.5 Å². The first-order chi connectivity index (χ1) is 7.67. The van der Waals surface area contributed by atoms with Crippen LogP contribution in [-0.2, 0) is 6.42 Å². The molecule has 16 heavy (non-hydrogen) atoms. The zero-order valence-electron chi connectivity index (χ0n) is 10.3. The van der Waals surface area contributed by atoms with Crippen LogP contribution < -0.4 is 4.90 Å². The molecule has 0 aliphatic rings. The molecule has 0 saturated carbocycles. The molecule has 0 atom stereocenters. The fourth-order valence-electron chi connectivity index (χ4n) is 1.49. The highest BCUT2D eigenvalue weighted by atomic mass is 79.9. The van der Waals surface area contributed by atoms with E-state index in [0.717, 1.165) is 35.6 Å². The standard InChI is InChI=1S/C12H20BrN3/c1-4-6-8-16(3)12-9-10(13)14-11(15-12)7-5-2/h9H,4-8H2,1-3H3. The normalized spacial score (nSPS) is 10.5. The second kappa shape index (κ2) is 6.84. The third kappa shape index (κ3) is 4.08. The first-order valence-electron chi connectivity index (χ1n) is 5.92. The number of unbranched alkanes of at least 4 members (excludes halogenated alkanes) is 1. The summed E-state index contributed by atoms with van der Waals surface area (Å²) < 4.78 is 0.879. The molecule has 4 heteroatoms. The summed E-state index contributed by atoms with van der Waals surface area (Å²) >= 11 is 3.44. The highest BCUT2D eigenvalue weighted by Gasteiger charge is 2.06. The summed E-state index contributed by atoms with van der Waals surface area (Å²) in [7, 11) is 2.08. The number of hydrogen-bond donors (Lipinski definition) is 0. The maximum absolute atomic E-state index is 4.56. The van der Waals surface area contributed by atoms with Gasteiger partial charge in [0, 0.05) is 26.1 Å². The Morgan fingerprint density at radius 1 is 1.25 bits per heavy atom. The number of aromatic nitrogens is 2. The van der Waals surface area contributed by atoms with Crippen LogP contribution in [0.3, 0.4) is 0 Å². The highest BCUT2D eigenvalue weighted by molar-refractivity contribution is 9.10. The minimum Gasteiger partial charge on any atom is -0.360 e. The van der Waals surface area contributed by atoms with Crippen LogP contribution in [0.1, 0.15) is 38.9 Å². The third-order valence-corrected chi connectivity index (χ3v) is 2.85. The van der Waals surface area contributed by atoms with Gasteiger partial charge in [-0.1, -0.05) is 20.3 Å². The van der Waals surface area contributed by atoms with Crippen LogP contribution in [0.25, 0.3) is 0 Å². The largest absolute Gasteiger partial charge is 0.360 e. The molecule has 1 heterocycles. The maximum atomic E-state index is 4.56. The van der Waals surface area contributed by atoms with E-state index in [1.807, 2.05) is 6.07 Å². The molecule has 0 saturated heterocycles. The Kier molecular flexibility index (Phi) is 5.74. The molecule has 0 N–H and O–H groups in total. The lowest BCUT2D eigenvalue weighted by Crippen LogP contribution is -2.20. The first kappa shape index (κ1) is 13.4. The van der Waals surface area contributed by atoms with Crippen molar-refractivity contribution in [3.05, 3.63) is 16.5 Å². The molecule has 0 aliphatic heterocycles. The van der Waals surface area contributed by atoms with Crippen molar-refractivity contribution in [3.63, 3.8) is 0 Å². The maximum Gasteiger partial charge on any atom is 0.133 e. The Labute approximate surface area is 106 Å². The molecule has 0 fully saturated rings. The molecule has 1 rings (SSSR count). The quantitative estimate of drug-likeness (QED) is 0.750. The van der Waals surface area contributed by atoms with Crippen LogP contribution in [0.2, 0.25) is 0 Å². The van der Waals surface area contributed by atoms with E-state index in [1.165, 1.54) is 12.8 Å². The lowest BCUT2D eigenvalue weighted by Gasteiger charge is -2.18. The van der Waals surface area contributed by atoms with E-state index in [-0.39, 0.29) is 0 Å². The van der Waals surface area contributed by atoms with Crippen molar-refractivity contribution in [2.75, 3.05) is 18.5 Å². The summed E-state index contributed by atoms with van der Waals surface area (Å²) in [6.07, 6.45) is 4.42. The predicted octanol–water partition coefficient (Wildman–Crippen LogP) is 3.43. The van der Waals surface area contributed by atoms with Crippen LogP contribution >= 0.6 is 15.9 Å². The summed E-state index contributed by atoms with van der Waals surface area (Å²) in [5.41, 5.74) is 0. The van der Waals surface area contributed by atoms with Crippen LogP contribution in [-0.4, -0.2) is 23.6 Å². The van der Waals surface area contributed by atoms with Crippen LogP contribution in [0.4, 0.5) is 5.82 Å². The molecular weight excluding hydrogens is 266 g/mol. The van der Waals surface area contributed by atoms with Crippen molar-refractivity contribution in [1.82, 2.24) is 9.97 Å². The second-order valence-corrected chi connectivity index (χ2v) is 4.80. The second-order valence-electron chi connectivity index (χ2n) is 3.99. The SMILES string of the molecule is CCCCN(C)c1cc(Br)nc(CCC)n1. The number of nitrogens with zero attached hydrogens (tertiary/aromatic N) is 3. The molecule has 0 amide bonds. The van der Waals surface area contributed by atoms with Gasteiger partial charge in [-0.05, 0) is 28.8 Å². The minimum atomic E-state index is 0.879. The van der Waals surface area contributed by atoms with Gasteiger partial charge in [-0.25, -0.2) is 9.97 Å². The Morgan fingerprint density at radius 2 is 2.00 bits per heavy atom. The van der Waals surface area contributed by atoms with Crippen molar-refractivity contribution < 1.29 is 0 Å². The van der Waals surface area contributed by atoms with E-state index in [4.69, 9.17) is 0 Å². The lowest BCUT2D eigenvalue weighted by molar-refractivity contribution is 0.748. The van der Waals surface area contributed by atoms with Gasteiger partial charge in [0.25, 0.3) is 0 Å². The van der Waals surface area contributed by atoms with Crippen molar-refractivity contribution in [1.29, 1.82) is 0 Å². The molecule has 1 aromatic heterocycles. The summed E-state index contributed by atoms with van der Waals surface area (Å²) in [4.78, 5) is 11.1. The van der Waals surface area contributed by atoms with E-state index < -0.39 is 0 Å². The van der Waals surface area contributed by atoms with Gasteiger partial charge in [0.15, 0.2) is 0 Å². The van der Waals surface area contributed by atoms with Gasteiger partial charge in [0.1, 0.15) is 16.2 Å². The summed E-state index contributed by atoms with van der Waals surface area (Å²) in [5.74, 6) is 1.94. The van der Waals surface area contributed by atoms with Crippen molar-refractivity contribution in [3.8, 4) is 0 Å². The van der Waals surface area contributed by atoms with Gasteiger partial charge in [-0.2, -0.15) is 0 Å². The topological polar surface area (TPSA) is 29.0 Å². The highest BCUT2D eigenvalue weighted by Crippen LogP contribution is 2.16. The molecule has 0 spiro atoms. The van der Waals surface area contributed by atoms with Gasteiger partial charge in [-0.15, -0.1) is 0 Å². The van der Waals surface area contributed by atoms with Gasteiger partial charge in [-0.3, -0.25) is 0 Å². The van der Waals surface area contributed by atoms with E-state index in [9.17, 15) is 0 Å². The van der Waals surface area contributed by atoms with E-state index >= 15 is 0 Å². The molecule has 1 aromatic rings. The number of rotatable bonds is 6. The molecule has 0 bridgehead atoms. The van der Waals surface area contributed by atoms with Crippen molar-refractivity contribution in [2.24, 2.45) is 0 Å². The van der Waals surface area contributed by atoms with Gasteiger partial charge in [0.05, 0.1) is 0 Å². The van der Waals surface area contributed by atoms with Crippen molar-refractivity contribution >= 4 is 21.7 Å². The summed E-state index contributed by atoms with van der Waals surface area (Å²) in [6, 6.07) is 1.98. The number of aryl methyl sites for hydroxylation is 1. The Hall–Kier alpha value is -0.640. The average Bonchev–Trinajstić information content (AvgIpc) is 2.25. The fourth-order valence-corrected chi connectivity index (χ4v) is 1.90. The molecule has 0 aromatic carbocycles. The molecule has 0 aliphatic carbocycles. The Morgan fingerprint density at radius 3 is 2.62 bits per heavy atom. The smallest absolute Gasteiger partial charge is 0.133 e.